The van der Waals surface area contributed by atoms with E-state index >= 15 is 0 Å². The van der Waals surface area contributed by atoms with Crippen molar-refractivity contribution in [2.24, 2.45) is 0 Å². The summed E-state index contributed by atoms with van der Waals surface area (Å²) in [6.07, 6.45) is 2.99. The van der Waals surface area contributed by atoms with Crippen LogP contribution in [0.25, 0.3) is 11.4 Å². The number of H-pyrrole nitrogens is 1. The minimum Gasteiger partial charge on any atom is -0.496 e. The first-order valence-corrected chi connectivity index (χ1v) is 5.86. The Bertz CT molecular complexity index is 581. The van der Waals surface area contributed by atoms with Gasteiger partial charge in [-0.05, 0) is 24.1 Å². The molecule has 0 aliphatic carbocycles. The highest BCUT2D eigenvalue weighted by molar-refractivity contribution is 5.65. The Labute approximate surface area is 106 Å². The monoisotopic (exact) mass is 241 g/mol. The summed E-state index contributed by atoms with van der Waals surface area (Å²) in [5.74, 6) is 1.53. The van der Waals surface area contributed by atoms with E-state index in [9.17, 15) is 0 Å². The largest absolute Gasteiger partial charge is 0.496 e. The Morgan fingerprint density at radius 1 is 1.44 bits per heavy atom. The van der Waals surface area contributed by atoms with Crippen LogP contribution in [0.1, 0.15) is 18.2 Å². The van der Waals surface area contributed by atoms with Gasteiger partial charge in [0.1, 0.15) is 11.6 Å². The van der Waals surface area contributed by atoms with Crippen LogP contribution in [0.5, 0.6) is 5.75 Å². The number of ether oxygens (including phenoxy) is 1. The molecule has 1 aromatic heterocycles. The Morgan fingerprint density at radius 3 is 2.94 bits per heavy atom. The lowest BCUT2D eigenvalue weighted by Crippen LogP contribution is -1.92. The zero-order chi connectivity index (χ0) is 13.0. The summed E-state index contributed by atoms with van der Waals surface area (Å²) in [4.78, 5) is 7.45. The maximum atomic E-state index is 8.66. The van der Waals surface area contributed by atoms with Crippen LogP contribution in [0.3, 0.4) is 0 Å². The third-order valence-corrected chi connectivity index (χ3v) is 2.83. The number of nitrogens with zero attached hydrogens (tertiary/aromatic N) is 2. The van der Waals surface area contributed by atoms with Crippen molar-refractivity contribution in [1.29, 1.82) is 5.26 Å². The Hall–Kier alpha value is -2.28. The number of nitriles is 1. The van der Waals surface area contributed by atoms with Crippen LogP contribution in [0, 0.1) is 11.3 Å². The number of nitrogens with one attached hydrogen (secondary N) is 1. The van der Waals surface area contributed by atoms with Crippen LogP contribution >= 0.6 is 0 Å². The standard InChI is InChI=1S/C14H15N3O/c1-3-10-4-5-13(18-2)12(8-10)14-16-9-11(17-14)6-7-15/h4-5,8-9H,3,6H2,1-2H3,(H,16,17). The lowest BCUT2D eigenvalue weighted by atomic mass is 10.1. The number of aromatic amines is 1. The van der Waals surface area contributed by atoms with Crippen molar-refractivity contribution >= 4 is 0 Å². The van der Waals surface area contributed by atoms with Gasteiger partial charge < -0.3 is 9.72 Å². The summed E-state index contributed by atoms with van der Waals surface area (Å²) >= 11 is 0. The molecule has 1 aromatic carbocycles. The maximum absolute atomic E-state index is 8.66. The summed E-state index contributed by atoms with van der Waals surface area (Å²) in [7, 11) is 1.64. The second-order valence-electron chi connectivity index (χ2n) is 3.98. The highest BCUT2D eigenvalue weighted by Gasteiger charge is 2.10. The number of hydrogen-bond acceptors (Lipinski definition) is 3. The normalized spacial score (nSPS) is 10.1. The van der Waals surface area contributed by atoms with Crippen LogP contribution in [-0.2, 0) is 12.8 Å². The van der Waals surface area contributed by atoms with E-state index in [1.54, 1.807) is 13.3 Å². The molecule has 0 aliphatic heterocycles. The van der Waals surface area contributed by atoms with Crippen molar-refractivity contribution in [3.05, 3.63) is 35.7 Å². The van der Waals surface area contributed by atoms with E-state index in [4.69, 9.17) is 10.00 Å². The molecule has 0 radical (unpaired) electrons. The second-order valence-corrected chi connectivity index (χ2v) is 3.98. The van der Waals surface area contributed by atoms with Crippen molar-refractivity contribution in [2.45, 2.75) is 19.8 Å². The molecule has 18 heavy (non-hydrogen) atoms. The average molecular weight is 241 g/mol. The maximum Gasteiger partial charge on any atom is 0.141 e. The minimum atomic E-state index is 0.336. The zero-order valence-electron chi connectivity index (χ0n) is 10.5. The summed E-state index contributed by atoms with van der Waals surface area (Å²) in [6.45, 7) is 2.11. The quantitative estimate of drug-likeness (QED) is 0.895. The fraction of sp³-hybridized carbons (Fsp3) is 0.286. The summed E-state index contributed by atoms with van der Waals surface area (Å²) in [6, 6.07) is 8.15. The van der Waals surface area contributed by atoms with Crippen molar-refractivity contribution in [2.75, 3.05) is 7.11 Å². The van der Waals surface area contributed by atoms with E-state index in [0.717, 1.165) is 29.3 Å². The molecule has 4 nitrogen and oxygen atoms in total. The first-order valence-electron chi connectivity index (χ1n) is 5.86. The molecular formula is C14H15N3O. The van der Waals surface area contributed by atoms with E-state index in [0.29, 0.717) is 6.42 Å². The molecule has 0 unspecified atom stereocenters. The molecule has 0 saturated carbocycles. The number of aromatic nitrogens is 2. The number of rotatable bonds is 4. The average Bonchev–Trinajstić information content (AvgIpc) is 2.87. The molecule has 0 spiro atoms. The number of benzene rings is 1. The van der Waals surface area contributed by atoms with E-state index in [2.05, 4.69) is 29.0 Å². The third-order valence-electron chi connectivity index (χ3n) is 2.83. The minimum absolute atomic E-state index is 0.336. The molecule has 0 fully saturated rings. The van der Waals surface area contributed by atoms with Gasteiger partial charge in [-0.25, -0.2) is 4.98 Å². The van der Waals surface area contributed by atoms with Gasteiger partial charge in [0, 0.05) is 11.9 Å². The SMILES string of the molecule is CCc1ccc(OC)c(-c2ncc(CC#N)[nH]2)c1. The van der Waals surface area contributed by atoms with Crippen LogP contribution in [-0.4, -0.2) is 17.1 Å². The van der Waals surface area contributed by atoms with Gasteiger partial charge in [0.05, 0.1) is 25.2 Å². The van der Waals surface area contributed by atoms with Gasteiger partial charge in [0.2, 0.25) is 0 Å². The highest BCUT2D eigenvalue weighted by Crippen LogP contribution is 2.29. The lowest BCUT2D eigenvalue weighted by molar-refractivity contribution is 0.416. The van der Waals surface area contributed by atoms with Gasteiger partial charge in [-0.15, -0.1) is 0 Å². The van der Waals surface area contributed by atoms with Gasteiger partial charge >= 0.3 is 0 Å². The smallest absolute Gasteiger partial charge is 0.141 e. The highest BCUT2D eigenvalue weighted by atomic mass is 16.5. The summed E-state index contributed by atoms with van der Waals surface area (Å²) < 4.78 is 5.34. The summed E-state index contributed by atoms with van der Waals surface area (Å²) in [5.41, 5.74) is 2.97. The molecule has 92 valence electrons. The van der Waals surface area contributed by atoms with Gasteiger partial charge in [-0.3, -0.25) is 0 Å². The van der Waals surface area contributed by atoms with Crippen LogP contribution in [0.15, 0.2) is 24.4 Å². The molecular weight excluding hydrogens is 226 g/mol. The van der Waals surface area contributed by atoms with E-state index in [1.807, 2.05) is 12.1 Å². The fourth-order valence-corrected chi connectivity index (χ4v) is 1.83. The third kappa shape index (κ3) is 2.35. The zero-order valence-corrected chi connectivity index (χ0v) is 10.5. The number of aryl methyl sites for hydroxylation is 1. The predicted octanol–water partition coefficient (Wildman–Crippen LogP) is 2.71. The number of methoxy groups -OCH3 is 1. The van der Waals surface area contributed by atoms with Gasteiger partial charge in [-0.2, -0.15) is 5.26 Å². The van der Waals surface area contributed by atoms with Gasteiger partial charge in [-0.1, -0.05) is 13.0 Å². The van der Waals surface area contributed by atoms with Gasteiger partial charge in [0.15, 0.2) is 0 Å². The Balaban J connectivity index is 2.44. The molecule has 2 aromatic rings. The van der Waals surface area contributed by atoms with E-state index in [1.165, 1.54) is 5.56 Å². The summed E-state index contributed by atoms with van der Waals surface area (Å²) in [5, 5.41) is 8.66. The van der Waals surface area contributed by atoms with Gasteiger partial charge in [0.25, 0.3) is 0 Å². The molecule has 1 heterocycles. The fourth-order valence-electron chi connectivity index (χ4n) is 1.83. The molecule has 2 rings (SSSR count). The van der Waals surface area contributed by atoms with Crippen molar-refractivity contribution in [3.8, 4) is 23.2 Å². The molecule has 0 saturated heterocycles. The Kier molecular flexibility index (Phi) is 3.63. The second kappa shape index (κ2) is 5.37. The first kappa shape index (κ1) is 12.2. The van der Waals surface area contributed by atoms with E-state index < -0.39 is 0 Å². The predicted molar refractivity (Wildman–Crippen MR) is 69.3 cm³/mol. The lowest BCUT2D eigenvalue weighted by Gasteiger charge is -2.08. The van der Waals surface area contributed by atoms with Crippen molar-refractivity contribution in [3.63, 3.8) is 0 Å². The topological polar surface area (TPSA) is 61.7 Å². The van der Waals surface area contributed by atoms with Crippen molar-refractivity contribution < 1.29 is 4.74 Å². The number of hydrogen-bond donors (Lipinski definition) is 1. The Morgan fingerprint density at radius 2 is 2.28 bits per heavy atom. The molecule has 0 atom stereocenters. The van der Waals surface area contributed by atoms with Crippen LogP contribution in [0.4, 0.5) is 0 Å². The van der Waals surface area contributed by atoms with Crippen LogP contribution < -0.4 is 4.74 Å². The molecule has 0 amide bonds. The molecule has 4 heteroatoms. The number of imidazole rings is 1. The molecule has 0 bridgehead atoms. The molecule has 0 aliphatic rings. The van der Waals surface area contributed by atoms with E-state index in [-0.39, 0.29) is 0 Å². The first-order chi connectivity index (χ1) is 8.78. The van der Waals surface area contributed by atoms with Crippen LogP contribution in [0.2, 0.25) is 0 Å². The van der Waals surface area contributed by atoms with Crippen molar-refractivity contribution in [1.82, 2.24) is 9.97 Å². The molecule has 1 N–H and O–H groups in total.